The van der Waals surface area contributed by atoms with Gasteiger partial charge in [-0.15, -0.1) is 0 Å². The summed E-state index contributed by atoms with van der Waals surface area (Å²) >= 11 is 0. The Hall–Kier alpha value is -2.30. The van der Waals surface area contributed by atoms with Gasteiger partial charge in [-0.3, -0.25) is 4.79 Å². The van der Waals surface area contributed by atoms with Crippen LogP contribution in [-0.2, 0) is 16.6 Å². The molecule has 1 fully saturated rings. The second kappa shape index (κ2) is 7.30. The number of benzene rings is 1. The lowest BCUT2D eigenvalue weighted by atomic mass is 9.94. The molecule has 0 aliphatic carbocycles. The number of amides is 1. The maximum Gasteiger partial charge on any atom is 0.220 e. The van der Waals surface area contributed by atoms with Crippen LogP contribution in [0.25, 0.3) is 0 Å². The number of aryl methyl sites for hydroxylation is 1. The third-order valence-electron chi connectivity index (χ3n) is 4.53. The first-order valence-corrected chi connectivity index (χ1v) is 8.96. The minimum absolute atomic E-state index is 0.0573. The number of aromatic nitrogens is 1. The first kappa shape index (κ1) is 17.5. The Balaban J connectivity index is 1.45. The molecule has 25 heavy (non-hydrogen) atoms. The van der Waals surface area contributed by atoms with Crippen molar-refractivity contribution in [2.24, 2.45) is 0 Å². The number of oxazole rings is 1. The molecule has 1 aliphatic heterocycles. The summed E-state index contributed by atoms with van der Waals surface area (Å²) in [7, 11) is 0. The topological polar surface area (TPSA) is 58.4 Å². The van der Waals surface area contributed by atoms with Gasteiger partial charge in [-0.05, 0) is 18.6 Å². The molecule has 3 rings (SSSR count). The van der Waals surface area contributed by atoms with Crippen LogP contribution in [0.4, 0.5) is 5.69 Å². The summed E-state index contributed by atoms with van der Waals surface area (Å²) in [6.07, 6.45) is 3.69. The predicted molar refractivity (Wildman–Crippen MR) is 98.7 cm³/mol. The predicted octanol–water partition coefficient (Wildman–Crippen LogP) is 3.30. The van der Waals surface area contributed by atoms with E-state index < -0.39 is 0 Å². The van der Waals surface area contributed by atoms with Crippen molar-refractivity contribution in [1.82, 2.24) is 10.3 Å². The van der Waals surface area contributed by atoms with E-state index in [1.54, 1.807) is 6.20 Å². The first-order chi connectivity index (χ1) is 11.9. The number of hydrogen-bond acceptors (Lipinski definition) is 4. The Morgan fingerprint density at radius 3 is 2.76 bits per heavy atom. The molecular weight excluding hydrogens is 314 g/mol. The number of nitrogens with one attached hydrogen (secondary N) is 1. The highest BCUT2D eigenvalue weighted by Gasteiger charge is 2.24. The lowest BCUT2D eigenvalue weighted by Crippen LogP contribution is -2.37. The van der Waals surface area contributed by atoms with Crippen molar-refractivity contribution in [1.29, 1.82) is 0 Å². The van der Waals surface area contributed by atoms with Crippen LogP contribution in [0.2, 0.25) is 0 Å². The van der Waals surface area contributed by atoms with E-state index in [0.29, 0.717) is 18.7 Å². The van der Waals surface area contributed by atoms with E-state index in [9.17, 15) is 4.79 Å². The molecule has 2 heterocycles. The van der Waals surface area contributed by atoms with Crippen LogP contribution >= 0.6 is 0 Å². The van der Waals surface area contributed by atoms with E-state index in [1.807, 2.05) is 18.2 Å². The Morgan fingerprint density at radius 1 is 1.32 bits per heavy atom. The molecular formula is C20H27N3O2. The zero-order chi connectivity index (χ0) is 17.9. The Labute approximate surface area is 149 Å². The molecule has 1 aromatic heterocycles. The van der Waals surface area contributed by atoms with E-state index in [-0.39, 0.29) is 17.4 Å². The summed E-state index contributed by atoms with van der Waals surface area (Å²) in [5.74, 6) is 1.56. The van der Waals surface area contributed by atoms with E-state index in [2.05, 4.69) is 48.1 Å². The van der Waals surface area contributed by atoms with Gasteiger partial charge in [0.15, 0.2) is 5.89 Å². The van der Waals surface area contributed by atoms with Gasteiger partial charge in [0.05, 0.1) is 6.20 Å². The highest BCUT2D eigenvalue weighted by atomic mass is 16.4. The molecule has 2 aromatic rings. The molecule has 0 unspecified atom stereocenters. The lowest BCUT2D eigenvalue weighted by Gasteiger charge is -2.18. The largest absolute Gasteiger partial charge is 0.445 e. The highest BCUT2D eigenvalue weighted by molar-refractivity contribution is 5.76. The molecule has 0 saturated carbocycles. The molecule has 1 atom stereocenters. The summed E-state index contributed by atoms with van der Waals surface area (Å²) in [5, 5.41) is 3.14. The fourth-order valence-corrected chi connectivity index (χ4v) is 3.04. The summed E-state index contributed by atoms with van der Waals surface area (Å²) in [6, 6.07) is 10.5. The summed E-state index contributed by atoms with van der Waals surface area (Å²) in [5.41, 5.74) is 1.16. The van der Waals surface area contributed by atoms with Crippen LogP contribution in [0.15, 0.2) is 40.9 Å². The monoisotopic (exact) mass is 341 g/mol. The van der Waals surface area contributed by atoms with Crippen molar-refractivity contribution < 1.29 is 9.21 Å². The number of rotatable bonds is 5. The minimum atomic E-state index is -0.0573. The second-order valence-electron chi connectivity index (χ2n) is 7.70. The Kier molecular flexibility index (Phi) is 5.11. The van der Waals surface area contributed by atoms with Crippen molar-refractivity contribution in [2.75, 3.05) is 18.0 Å². The average molecular weight is 341 g/mol. The van der Waals surface area contributed by atoms with Crippen LogP contribution in [-0.4, -0.2) is 30.0 Å². The molecule has 0 spiro atoms. The van der Waals surface area contributed by atoms with Crippen LogP contribution in [0.5, 0.6) is 0 Å². The second-order valence-corrected chi connectivity index (χ2v) is 7.70. The van der Waals surface area contributed by atoms with Gasteiger partial charge in [0.1, 0.15) is 5.76 Å². The fourth-order valence-electron chi connectivity index (χ4n) is 3.04. The van der Waals surface area contributed by atoms with E-state index >= 15 is 0 Å². The number of carbonyl (C=O) groups is 1. The van der Waals surface area contributed by atoms with Crippen LogP contribution in [0, 0.1) is 0 Å². The third kappa shape index (κ3) is 4.62. The van der Waals surface area contributed by atoms with Gasteiger partial charge in [0, 0.05) is 43.1 Å². The van der Waals surface area contributed by atoms with E-state index in [0.717, 1.165) is 25.3 Å². The Morgan fingerprint density at radius 2 is 2.08 bits per heavy atom. The average Bonchev–Trinajstić information content (AvgIpc) is 3.23. The quantitative estimate of drug-likeness (QED) is 0.906. The van der Waals surface area contributed by atoms with Crippen LogP contribution in [0.3, 0.4) is 0 Å². The molecule has 5 nitrogen and oxygen atoms in total. The smallest absolute Gasteiger partial charge is 0.220 e. The van der Waals surface area contributed by atoms with Gasteiger partial charge in [-0.2, -0.15) is 0 Å². The molecule has 1 saturated heterocycles. The fraction of sp³-hybridized carbons (Fsp3) is 0.500. The zero-order valence-corrected chi connectivity index (χ0v) is 15.3. The van der Waals surface area contributed by atoms with Crippen molar-refractivity contribution in [3.05, 3.63) is 48.2 Å². The number of para-hydroxylation sites is 1. The highest BCUT2D eigenvalue weighted by Crippen LogP contribution is 2.23. The third-order valence-corrected chi connectivity index (χ3v) is 4.53. The molecule has 1 N–H and O–H groups in total. The van der Waals surface area contributed by atoms with Crippen LogP contribution < -0.4 is 10.2 Å². The molecule has 1 aliphatic rings. The number of hydrogen-bond donors (Lipinski definition) is 1. The normalized spacial score (nSPS) is 17.7. The zero-order valence-electron chi connectivity index (χ0n) is 15.3. The summed E-state index contributed by atoms with van der Waals surface area (Å²) in [6.45, 7) is 8.10. The maximum atomic E-state index is 12.2. The molecule has 5 heteroatoms. The van der Waals surface area contributed by atoms with Gasteiger partial charge in [-0.1, -0.05) is 39.0 Å². The summed E-state index contributed by atoms with van der Waals surface area (Å²) < 4.78 is 5.74. The molecule has 134 valence electrons. The summed E-state index contributed by atoms with van der Waals surface area (Å²) in [4.78, 5) is 18.8. The van der Waals surface area contributed by atoms with Gasteiger partial charge in [-0.25, -0.2) is 4.98 Å². The Bertz CT molecular complexity index is 703. The molecule has 0 bridgehead atoms. The van der Waals surface area contributed by atoms with Crippen molar-refractivity contribution in [2.45, 2.75) is 51.5 Å². The van der Waals surface area contributed by atoms with Gasteiger partial charge >= 0.3 is 0 Å². The van der Waals surface area contributed by atoms with Gasteiger partial charge < -0.3 is 14.6 Å². The van der Waals surface area contributed by atoms with E-state index in [4.69, 9.17) is 4.42 Å². The van der Waals surface area contributed by atoms with Gasteiger partial charge in [0.25, 0.3) is 0 Å². The molecule has 1 aromatic carbocycles. The standard InChI is InChI=1S/C20H27N3O2/c1-20(2,3)17-13-21-19(25-17)10-9-18(24)22-15-11-12-23(14-15)16-7-5-4-6-8-16/h4-8,13,15H,9-12,14H2,1-3H3,(H,22,24)/t15-/m1/s1. The number of carbonyl (C=O) groups excluding carboxylic acids is 1. The SMILES string of the molecule is CC(C)(C)c1cnc(CCC(=O)N[C@@H]2CCN(c3ccccc3)C2)o1. The van der Waals surface area contributed by atoms with Crippen LogP contribution in [0.1, 0.15) is 45.3 Å². The number of nitrogens with zero attached hydrogens (tertiary/aromatic N) is 2. The number of anilines is 1. The van der Waals surface area contributed by atoms with Crippen molar-refractivity contribution in [3.8, 4) is 0 Å². The van der Waals surface area contributed by atoms with Crippen molar-refractivity contribution >= 4 is 11.6 Å². The maximum absolute atomic E-state index is 12.2. The lowest BCUT2D eigenvalue weighted by molar-refractivity contribution is -0.121. The molecule has 0 radical (unpaired) electrons. The van der Waals surface area contributed by atoms with Crippen molar-refractivity contribution in [3.63, 3.8) is 0 Å². The molecule has 1 amide bonds. The minimum Gasteiger partial charge on any atom is -0.445 e. The first-order valence-electron chi connectivity index (χ1n) is 8.96. The van der Waals surface area contributed by atoms with E-state index in [1.165, 1.54) is 5.69 Å². The van der Waals surface area contributed by atoms with Gasteiger partial charge in [0.2, 0.25) is 5.91 Å².